The van der Waals surface area contributed by atoms with E-state index >= 15 is 0 Å². The summed E-state index contributed by atoms with van der Waals surface area (Å²) in [5.41, 5.74) is -0.862. The van der Waals surface area contributed by atoms with E-state index in [4.69, 9.17) is 0 Å². The second kappa shape index (κ2) is 4.23. The second-order valence-corrected chi connectivity index (χ2v) is 6.18. The van der Waals surface area contributed by atoms with Crippen LogP contribution >= 0.6 is 0 Å². The third-order valence-electron chi connectivity index (χ3n) is 5.10. The number of aliphatic hydroxyl groups is 1. The molecule has 4 rings (SSSR count). The predicted molar refractivity (Wildman–Crippen MR) is 76.2 cm³/mol. The molecule has 23 heavy (non-hydrogen) atoms. The molecule has 1 N–H and O–H groups in total. The summed E-state index contributed by atoms with van der Waals surface area (Å²) in [6.45, 7) is 5.28. The Kier molecular flexibility index (Phi) is 2.66. The van der Waals surface area contributed by atoms with Crippen molar-refractivity contribution in [3.63, 3.8) is 0 Å². The van der Waals surface area contributed by atoms with E-state index in [1.54, 1.807) is 31.2 Å². The maximum absolute atomic E-state index is 14.4. The van der Waals surface area contributed by atoms with Gasteiger partial charge in [-0.25, -0.2) is 17.6 Å². The molecular weight excluding hydrogens is 308 g/mol. The first-order valence-corrected chi connectivity index (χ1v) is 7.14. The van der Waals surface area contributed by atoms with Gasteiger partial charge in [0.25, 0.3) is 0 Å². The first-order chi connectivity index (χ1) is 10.8. The van der Waals surface area contributed by atoms with Gasteiger partial charge in [0.05, 0.1) is 0 Å². The van der Waals surface area contributed by atoms with Crippen LogP contribution in [0.5, 0.6) is 0 Å². The maximum atomic E-state index is 14.4. The summed E-state index contributed by atoms with van der Waals surface area (Å²) in [6.07, 6.45) is 0. The van der Waals surface area contributed by atoms with E-state index in [1.807, 2.05) is 0 Å². The van der Waals surface area contributed by atoms with Gasteiger partial charge >= 0.3 is 0 Å². The molecule has 2 atom stereocenters. The molecule has 118 valence electrons. The zero-order chi connectivity index (χ0) is 16.7. The summed E-state index contributed by atoms with van der Waals surface area (Å²) in [5.74, 6) is -8.59. The standard InChI is InChI=1S/C18H12F4O/c1-7(2)18(23)12-8-5-3-4-6-9(8)13(18)11-10(12)14(19)16(21)17(22)15(11)20/h3-6,12-13,23H,1H2,2H3/t12-,13-/m1/s1. The molecule has 0 fully saturated rings. The molecular formula is C18H12F4O. The number of hydrogen-bond acceptors (Lipinski definition) is 1. The van der Waals surface area contributed by atoms with Crippen LogP contribution < -0.4 is 0 Å². The summed E-state index contributed by atoms with van der Waals surface area (Å²) in [5, 5.41) is 11.2. The molecule has 0 saturated heterocycles. The summed E-state index contributed by atoms with van der Waals surface area (Å²) < 4.78 is 56.2. The Balaban J connectivity index is 2.16. The van der Waals surface area contributed by atoms with Crippen LogP contribution in [0.4, 0.5) is 17.6 Å². The molecule has 0 amide bonds. The summed E-state index contributed by atoms with van der Waals surface area (Å²) in [7, 11) is 0. The fraction of sp³-hybridized carbons (Fsp3) is 0.222. The van der Waals surface area contributed by atoms with Gasteiger partial charge in [0.2, 0.25) is 0 Å². The molecule has 0 saturated carbocycles. The fourth-order valence-electron chi connectivity index (χ4n) is 4.15. The van der Waals surface area contributed by atoms with Crippen molar-refractivity contribution in [2.75, 3.05) is 0 Å². The van der Waals surface area contributed by atoms with Gasteiger partial charge in [-0.1, -0.05) is 30.8 Å². The summed E-state index contributed by atoms with van der Waals surface area (Å²) in [6, 6.07) is 6.75. The minimum absolute atomic E-state index is 0.291. The lowest BCUT2D eigenvalue weighted by molar-refractivity contribution is 0.0689. The molecule has 0 unspecified atom stereocenters. The van der Waals surface area contributed by atoms with E-state index in [-0.39, 0.29) is 11.1 Å². The Hall–Kier alpha value is -2.14. The molecule has 0 aromatic heterocycles. The molecule has 0 spiro atoms. The van der Waals surface area contributed by atoms with Crippen molar-refractivity contribution in [2.24, 2.45) is 0 Å². The smallest absolute Gasteiger partial charge is 0.197 e. The number of fused-ring (bicyclic) bond motifs is 8. The number of hydrogen-bond donors (Lipinski definition) is 1. The van der Waals surface area contributed by atoms with Crippen molar-refractivity contribution in [1.82, 2.24) is 0 Å². The van der Waals surface area contributed by atoms with Crippen LogP contribution in [0.2, 0.25) is 0 Å². The van der Waals surface area contributed by atoms with Crippen molar-refractivity contribution >= 4 is 0 Å². The van der Waals surface area contributed by atoms with Gasteiger partial charge in [-0.3, -0.25) is 0 Å². The number of halogens is 4. The Morgan fingerprint density at radius 1 is 0.913 bits per heavy atom. The van der Waals surface area contributed by atoms with Crippen LogP contribution in [0.25, 0.3) is 0 Å². The third-order valence-corrected chi connectivity index (χ3v) is 5.10. The van der Waals surface area contributed by atoms with Crippen molar-refractivity contribution in [3.8, 4) is 0 Å². The van der Waals surface area contributed by atoms with E-state index in [0.29, 0.717) is 16.7 Å². The topological polar surface area (TPSA) is 20.2 Å². The monoisotopic (exact) mass is 320 g/mol. The molecule has 1 nitrogen and oxygen atoms in total. The Labute approximate surface area is 129 Å². The quantitative estimate of drug-likeness (QED) is 0.362. The van der Waals surface area contributed by atoms with Crippen molar-refractivity contribution in [3.05, 3.63) is 81.9 Å². The Morgan fingerprint density at radius 2 is 1.30 bits per heavy atom. The van der Waals surface area contributed by atoms with Gasteiger partial charge in [0.15, 0.2) is 23.3 Å². The number of benzene rings is 2. The van der Waals surface area contributed by atoms with Gasteiger partial charge in [0.1, 0.15) is 5.60 Å². The first kappa shape index (κ1) is 14.5. The predicted octanol–water partition coefficient (Wildman–Crippen LogP) is 4.14. The van der Waals surface area contributed by atoms with E-state index in [0.717, 1.165) is 0 Å². The van der Waals surface area contributed by atoms with E-state index in [9.17, 15) is 22.7 Å². The minimum atomic E-state index is -1.85. The molecule has 0 heterocycles. The van der Waals surface area contributed by atoms with Crippen molar-refractivity contribution in [2.45, 2.75) is 24.4 Å². The number of rotatable bonds is 1. The molecule has 2 aromatic rings. The molecule has 0 aliphatic heterocycles. The van der Waals surface area contributed by atoms with Gasteiger partial charge in [-0.2, -0.15) is 0 Å². The van der Waals surface area contributed by atoms with Crippen LogP contribution in [-0.2, 0) is 0 Å². The lowest BCUT2D eigenvalue weighted by atomic mass is 9.81. The fourth-order valence-corrected chi connectivity index (χ4v) is 4.15. The molecule has 2 aliphatic carbocycles. The zero-order valence-corrected chi connectivity index (χ0v) is 12.1. The largest absolute Gasteiger partial charge is 0.384 e. The second-order valence-electron chi connectivity index (χ2n) is 6.18. The maximum Gasteiger partial charge on any atom is 0.197 e. The summed E-state index contributed by atoms with van der Waals surface area (Å²) in [4.78, 5) is 0. The molecule has 2 aromatic carbocycles. The molecule has 5 heteroatoms. The highest BCUT2D eigenvalue weighted by atomic mass is 19.2. The highest BCUT2D eigenvalue weighted by Gasteiger charge is 2.62. The van der Waals surface area contributed by atoms with Gasteiger partial charge < -0.3 is 5.11 Å². The van der Waals surface area contributed by atoms with Crippen LogP contribution in [0.1, 0.15) is 41.0 Å². The minimum Gasteiger partial charge on any atom is -0.384 e. The van der Waals surface area contributed by atoms with Crippen LogP contribution in [0, 0.1) is 23.3 Å². The van der Waals surface area contributed by atoms with Gasteiger partial charge in [-0.15, -0.1) is 0 Å². The van der Waals surface area contributed by atoms with E-state index < -0.39 is 40.7 Å². The lowest BCUT2D eigenvalue weighted by Crippen LogP contribution is -2.34. The third kappa shape index (κ3) is 1.42. The molecule has 2 bridgehead atoms. The van der Waals surface area contributed by atoms with Crippen molar-refractivity contribution in [1.29, 1.82) is 0 Å². The van der Waals surface area contributed by atoms with Crippen LogP contribution in [0.3, 0.4) is 0 Å². The SMILES string of the molecule is C=C(C)C1(O)[C@@H]2c3ccccc3[C@@H]1c1c(F)c(F)c(F)c(F)c12. The van der Waals surface area contributed by atoms with Crippen molar-refractivity contribution < 1.29 is 22.7 Å². The Morgan fingerprint density at radius 3 is 1.65 bits per heavy atom. The highest BCUT2D eigenvalue weighted by molar-refractivity contribution is 5.66. The van der Waals surface area contributed by atoms with E-state index in [1.165, 1.54) is 0 Å². The normalized spacial score (nSPS) is 27.0. The molecule has 2 aliphatic rings. The van der Waals surface area contributed by atoms with Crippen LogP contribution in [-0.4, -0.2) is 10.7 Å². The zero-order valence-electron chi connectivity index (χ0n) is 12.1. The highest BCUT2D eigenvalue weighted by Crippen LogP contribution is 2.65. The molecule has 0 radical (unpaired) electrons. The van der Waals surface area contributed by atoms with Crippen LogP contribution in [0.15, 0.2) is 36.4 Å². The van der Waals surface area contributed by atoms with Gasteiger partial charge in [0, 0.05) is 23.0 Å². The average Bonchev–Trinajstić information content (AvgIpc) is 2.96. The van der Waals surface area contributed by atoms with E-state index in [2.05, 4.69) is 6.58 Å². The lowest BCUT2D eigenvalue weighted by Gasteiger charge is -2.29. The average molecular weight is 320 g/mol. The summed E-state index contributed by atoms with van der Waals surface area (Å²) >= 11 is 0. The first-order valence-electron chi connectivity index (χ1n) is 7.14. The Bertz CT molecular complexity index is 825. The van der Waals surface area contributed by atoms with Gasteiger partial charge in [-0.05, 0) is 23.6 Å².